The summed E-state index contributed by atoms with van der Waals surface area (Å²) in [7, 11) is 0. The number of rotatable bonds is 7. The maximum Gasteiger partial charge on any atom is 0.293 e. The van der Waals surface area contributed by atoms with Gasteiger partial charge in [-0.25, -0.2) is 4.98 Å². The maximum atomic E-state index is 11.9. The Morgan fingerprint density at radius 2 is 2.29 bits per heavy atom. The number of nitrogens with zero attached hydrogens (tertiary/aromatic N) is 2. The number of hydrogen-bond donors (Lipinski definition) is 1. The monoisotopic (exact) mass is 239 g/mol. The fourth-order valence-corrected chi connectivity index (χ4v) is 1.57. The number of ether oxygens (including phenoxy) is 1. The summed E-state index contributed by atoms with van der Waals surface area (Å²) in [6.07, 6.45) is 4.35. The van der Waals surface area contributed by atoms with E-state index in [1.54, 1.807) is 17.0 Å². The van der Waals surface area contributed by atoms with Gasteiger partial charge in [0, 0.05) is 32.1 Å². The highest BCUT2D eigenvalue weighted by molar-refractivity contribution is 5.30. The zero-order chi connectivity index (χ0) is 12.7. The van der Waals surface area contributed by atoms with Gasteiger partial charge in [-0.2, -0.15) is 0 Å². The van der Waals surface area contributed by atoms with Crippen LogP contribution in [0.1, 0.15) is 27.2 Å². The SMILES string of the molecule is CCCn1ccnc(NCC(C)OCC)c1=O. The second kappa shape index (κ2) is 7.06. The first-order valence-electron chi connectivity index (χ1n) is 6.10. The lowest BCUT2D eigenvalue weighted by Gasteiger charge is -2.13. The first-order chi connectivity index (χ1) is 8.19. The predicted molar refractivity (Wildman–Crippen MR) is 68.4 cm³/mol. The van der Waals surface area contributed by atoms with Crippen molar-refractivity contribution in [2.75, 3.05) is 18.5 Å². The number of aryl methyl sites for hydroxylation is 1. The summed E-state index contributed by atoms with van der Waals surface area (Å²) in [5.41, 5.74) is -0.0713. The van der Waals surface area contributed by atoms with Crippen molar-refractivity contribution in [2.45, 2.75) is 39.8 Å². The summed E-state index contributed by atoms with van der Waals surface area (Å²) < 4.78 is 7.05. The second-order valence-electron chi connectivity index (χ2n) is 3.92. The Morgan fingerprint density at radius 1 is 1.53 bits per heavy atom. The molecule has 1 heterocycles. The van der Waals surface area contributed by atoms with E-state index in [1.807, 2.05) is 20.8 Å². The van der Waals surface area contributed by atoms with Crippen LogP contribution in [-0.2, 0) is 11.3 Å². The summed E-state index contributed by atoms with van der Waals surface area (Å²) in [6, 6.07) is 0. The first kappa shape index (κ1) is 13.7. The highest BCUT2D eigenvalue weighted by Gasteiger charge is 2.06. The maximum absolute atomic E-state index is 11.9. The van der Waals surface area contributed by atoms with E-state index in [-0.39, 0.29) is 11.7 Å². The largest absolute Gasteiger partial charge is 0.377 e. The van der Waals surface area contributed by atoms with E-state index in [9.17, 15) is 4.79 Å². The molecule has 1 aromatic heterocycles. The molecular formula is C12H21N3O2. The smallest absolute Gasteiger partial charge is 0.293 e. The Balaban J connectivity index is 2.65. The van der Waals surface area contributed by atoms with Crippen LogP contribution in [-0.4, -0.2) is 28.8 Å². The fourth-order valence-electron chi connectivity index (χ4n) is 1.57. The Bertz CT molecular complexity index is 390. The Kier molecular flexibility index (Phi) is 5.69. The molecular weight excluding hydrogens is 218 g/mol. The van der Waals surface area contributed by atoms with Crippen molar-refractivity contribution in [3.63, 3.8) is 0 Å². The highest BCUT2D eigenvalue weighted by atomic mass is 16.5. The number of aromatic nitrogens is 2. The Morgan fingerprint density at radius 3 is 2.94 bits per heavy atom. The standard InChI is InChI=1S/C12H21N3O2/c1-4-7-15-8-6-13-11(12(15)16)14-9-10(3)17-5-2/h6,8,10H,4-5,7,9H2,1-3H3,(H,13,14). The van der Waals surface area contributed by atoms with E-state index in [2.05, 4.69) is 10.3 Å². The molecule has 0 fully saturated rings. The summed E-state index contributed by atoms with van der Waals surface area (Å²) in [4.78, 5) is 16.0. The zero-order valence-corrected chi connectivity index (χ0v) is 10.8. The fraction of sp³-hybridized carbons (Fsp3) is 0.667. The zero-order valence-electron chi connectivity index (χ0n) is 10.8. The normalized spacial score (nSPS) is 12.4. The third-order valence-electron chi connectivity index (χ3n) is 2.39. The molecule has 1 rings (SSSR count). The van der Waals surface area contributed by atoms with Crippen molar-refractivity contribution in [1.29, 1.82) is 0 Å². The van der Waals surface area contributed by atoms with E-state index in [4.69, 9.17) is 4.74 Å². The van der Waals surface area contributed by atoms with E-state index < -0.39 is 0 Å². The minimum absolute atomic E-state index is 0.0704. The molecule has 0 spiro atoms. The molecule has 0 saturated carbocycles. The Hall–Kier alpha value is -1.36. The molecule has 0 aromatic carbocycles. The van der Waals surface area contributed by atoms with Gasteiger partial charge in [-0.15, -0.1) is 0 Å². The van der Waals surface area contributed by atoms with Gasteiger partial charge in [0.1, 0.15) is 0 Å². The average Bonchev–Trinajstić information content (AvgIpc) is 2.31. The summed E-state index contributed by atoms with van der Waals surface area (Å²) in [5, 5.41) is 3.03. The third kappa shape index (κ3) is 4.19. The minimum Gasteiger partial charge on any atom is -0.377 e. The van der Waals surface area contributed by atoms with E-state index in [0.717, 1.165) is 13.0 Å². The summed E-state index contributed by atoms with van der Waals surface area (Å²) in [5.74, 6) is 0.396. The predicted octanol–water partition coefficient (Wildman–Crippen LogP) is 1.49. The molecule has 5 heteroatoms. The van der Waals surface area contributed by atoms with Crippen molar-refractivity contribution in [1.82, 2.24) is 9.55 Å². The molecule has 17 heavy (non-hydrogen) atoms. The minimum atomic E-state index is -0.0713. The number of hydrogen-bond acceptors (Lipinski definition) is 4. The van der Waals surface area contributed by atoms with Gasteiger partial charge < -0.3 is 14.6 Å². The van der Waals surface area contributed by atoms with Gasteiger partial charge >= 0.3 is 0 Å². The van der Waals surface area contributed by atoms with Gasteiger partial charge in [0.15, 0.2) is 5.82 Å². The molecule has 1 unspecified atom stereocenters. The van der Waals surface area contributed by atoms with Gasteiger partial charge in [0.2, 0.25) is 0 Å². The molecule has 1 atom stereocenters. The average molecular weight is 239 g/mol. The number of anilines is 1. The van der Waals surface area contributed by atoms with Crippen LogP contribution in [0.5, 0.6) is 0 Å². The van der Waals surface area contributed by atoms with Crippen molar-refractivity contribution >= 4 is 5.82 Å². The van der Waals surface area contributed by atoms with Crippen molar-refractivity contribution in [3.8, 4) is 0 Å². The molecule has 5 nitrogen and oxygen atoms in total. The van der Waals surface area contributed by atoms with Crippen LogP contribution in [0.15, 0.2) is 17.2 Å². The van der Waals surface area contributed by atoms with Gasteiger partial charge in [-0.05, 0) is 20.3 Å². The van der Waals surface area contributed by atoms with Crippen LogP contribution in [0.2, 0.25) is 0 Å². The molecule has 1 N–H and O–H groups in total. The van der Waals surface area contributed by atoms with E-state index >= 15 is 0 Å². The van der Waals surface area contributed by atoms with Crippen LogP contribution >= 0.6 is 0 Å². The van der Waals surface area contributed by atoms with Gasteiger partial charge in [-0.1, -0.05) is 6.92 Å². The van der Waals surface area contributed by atoms with Gasteiger partial charge in [0.25, 0.3) is 5.56 Å². The molecule has 0 aliphatic rings. The van der Waals surface area contributed by atoms with Crippen LogP contribution in [0.25, 0.3) is 0 Å². The molecule has 0 radical (unpaired) electrons. The van der Waals surface area contributed by atoms with Gasteiger partial charge in [0.05, 0.1) is 6.10 Å². The van der Waals surface area contributed by atoms with Crippen molar-refractivity contribution in [3.05, 3.63) is 22.7 Å². The number of nitrogens with one attached hydrogen (secondary N) is 1. The van der Waals surface area contributed by atoms with Gasteiger partial charge in [-0.3, -0.25) is 4.79 Å². The molecule has 0 aliphatic heterocycles. The molecule has 0 bridgehead atoms. The van der Waals surface area contributed by atoms with Crippen LogP contribution in [0.4, 0.5) is 5.82 Å². The van der Waals surface area contributed by atoms with Crippen LogP contribution < -0.4 is 10.9 Å². The van der Waals surface area contributed by atoms with Crippen molar-refractivity contribution in [2.24, 2.45) is 0 Å². The van der Waals surface area contributed by atoms with Crippen LogP contribution in [0.3, 0.4) is 0 Å². The summed E-state index contributed by atoms with van der Waals surface area (Å²) >= 11 is 0. The highest BCUT2D eigenvalue weighted by Crippen LogP contribution is 1.96. The molecule has 1 aromatic rings. The lowest BCUT2D eigenvalue weighted by atomic mass is 10.4. The van der Waals surface area contributed by atoms with Crippen LogP contribution in [0, 0.1) is 0 Å². The molecule has 0 amide bonds. The topological polar surface area (TPSA) is 56.1 Å². The van der Waals surface area contributed by atoms with Crippen molar-refractivity contribution < 1.29 is 4.74 Å². The van der Waals surface area contributed by atoms with E-state index in [1.165, 1.54) is 0 Å². The summed E-state index contributed by atoms with van der Waals surface area (Å²) in [6.45, 7) is 7.93. The second-order valence-corrected chi connectivity index (χ2v) is 3.92. The Labute approximate surface area is 102 Å². The van der Waals surface area contributed by atoms with E-state index in [0.29, 0.717) is 19.0 Å². The first-order valence-corrected chi connectivity index (χ1v) is 6.10. The molecule has 0 saturated heterocycles. The lowest BCUT2D eigenvalue weighted by molar-refractivity contribution is 0.0854. The molecule has 96 valence electrons. The lowest BCUT2D eigenvalue weighted by Crippen LogP contribution is -2.28. The third-order valence-corrected chi connectivity index (χ3v) is 2.39. The molecule has 0 aliphatic carbocycles. The quantitative estimate of drug-likeness (QED) is 0.783.